The molecule has 0 spiro atoms. The van der Waals surface area contributed by atoms with Gasteiger partial charge in [0.2, 0.25) is 5.88 Å². The van der Waals surface area contributed by atoms with Gasteiger partial charge in [0, 0.05) is 13.3 Å². The third-order valence-electron chi connectivity index (χ3n) is 4.75. The summed E-state index contributed by atoms with van der Waals surface area (Å²) < 4.78 is 17.0. The van der Waals surface area contributed by atoms with E-state index in [1.165, 1.54) is 6.92 Å². The van der Waals surface area contributed by atoms with Crippen LogP contribution in [-0.2, 0) is 17.6 Å². The second-order valence-corrected chi connectivity index (χ2v) is 8.13. The van der Waals surface area contributed by atoms with Crippen LogP contribution in [0.3, 0.4) is 0 Å². The third-order valence-corrected chi connectivity index (χ3v) is 5.62. The number of hydrogen-bond acceptors (Lipinski definition) is 7. The molecule has 30 heavy (non-hydrogen) atoms. The number of fused-ring (bicyclic) bond motifs is 1. The minimum absolute atomic E-state index is 0.0640. The highest BCUT2D eigenvalue weighted by Crippen LogP contribution is 2.31. The summed E-state index contributed by atoms with van der Waals surface area (Å²) in [4.78, 5) is 25.1. The van der Waals surface area contributed by atoms with Crippen molar-refractivity contribution in [2.24, 2.45) is 0 Å². The summed E-state index contributed by atoms with van der Waals surface area (Å²) in [7, 11) is 0. The maximum absolute atomic E-state index is 11.3. The molecule has 0 saturated carbocycles. The van der Waals surface area contributed by atoms with Crippen molar-refractivity contribution in [2.75, 3.05) is 6.61 Å². The molecule has 1 aliphatic rings. The highest BCUT2D eigenvalue weighted by molar-refractivity contribution is 7.09. The Bertz CT molecular complexity index is 1100. The Balaban J connectivity index is 1.31. The van der Waals surface area contributed by atoms with E-state index in [9.17, 15) is 14.7 Å². The minimum atomic E-state index is -0.343. The van der Waals surface area contributed by atoms with Crippen molar-refractivity contribution in [3.8, 4) is 23.1 Å². The molecule has 7 nitrogen and oxygen atoms in total. The molecule has 2 heterocycles. The van der Waals surface area contributed by atoms with Crippen molar-refractivity contribution in [1.82, 2.24) is 4.98 Å². The SMILES string of the molecule is CC(=O)Oc1ccc2c(c1)CCC(COc1ccc(Cc3sc(=O)[nH]c3O)cc1)O2. The maximum atomic E-state index is 11.3. The van der Waals surface area contributed by atoms with E-state index in [0.29, 0.717) is 23.7 Å². The quantitative estimate of drug-likeness (QED) is 0.462. The Kier molecular flexibility index (Phi) is 5.76. The highest BCUT2D eigenvalue weighted by atomic mass is 32.1. The minimum Gasteiger partial charge on any atom is -0.494 e. The fourth-order valence-corrected chi connectivity index (χ4v) is 4.08. The molecule has 2 N–H and O–H groups in total. The second-order valence-electron chi connectivity index (χ2n) is 7.06. The summed E-state index contributed by atoms with van der Waals surface area (Å²) >= 11 is 1.01. The number of benzene rings is 2. The fourth-order valence-electron chi connectivity index (χ4n) is 3.32. The Hall–Kier alpha value is -3.26. The van der Waals surface area contributed by atoms with Crippen molar-refractivity contribution >= 4 is 17.3 Å². The van der Waals surface area contributed by atoms with Crippen LogP contribution in [-0.4, -0.2) is 28.8 Å². The number of rotatable bonds is 6. The Morgan fingerprint density at radius 1 is 1.23 bits per heavy atom. The molecular formula is C22H21NO6S. The second kappa shape index (κ2) is 8.62. The van der Waals surface area contributed by atoms with Gasteiger partial charge in [0.05, 0.1) is 4.88 Å². The molecule has 1 atom stereocenters. The molecule has 0 fully saturated rings. The smallest absolute Gasteiger partial charge is 0.308 e. The zero-order valence-electron chi connectivity index (χ0n) is 16.3. The third kappa shape index (κ3) is 4.83. The summed E-state index contributed by atoms with van der Waals surface area (Å²) in [6, 6.07) is 12.9. The lowest BCUT2D eigenvalue weighted by molar-refractivity contribution is -0.131. The van der Waals surface area contributed by atoms with Crippen LogP contribution < -0.4 is 19.1 Å². The van der Waals surface area contributed by atoms with Gasteiger partial charge < -0.3 is 19.3 Å². The number of esters is 1. The molecule has 3 aromatic rings. The number of carbonyl (C=O) groups excluding carboxylic acids is 1. The van der Waals surface area contributed by atoms with Gasteiger partial charge in [-0.15, -0.1) is 0 Å². The van der Waals surface area contributed by atoms with Gasteiger partial charge in [-0.05, 0) is 54.3 Å². The molecule has 1 unspecified atom stereocenters. The van der Waals surface area contributed by atoms with E-state index in [2.05, 4.69) is 4.98 Å². The molecule has 1 aliphatic heterocycles. The van der Waals surface area contributed by atoms with E-state index < -0.39 is 0 Å². The summed E-state index contributed by atoms with van der Waals surface area (Å²) in [6.07, 6.45) is 2.04. The monoisotopic (exact) mass is 427 g/mol. The fraction of sp³-hybridized carbons (Fsp3) is 0.273. The van der Waals surface area contributed by atoms with Crippen LogP contribution >= 0.6 is 11.3 Å². The van der Waals surface area contributed by atoms with E-state index in [1.807, 2.05) is 36.4 Å². The molecule has 4 rings (SSSR count). The summed E-state index contributed by atoms with van der Waals surface area (Å²) in [5, 5.41) is 9.69. The van der Waals surface area contributed by atoms with E-state index in [0.717, 1.165) is 46.8 Å². The summed E-state index contributed by atoms with van der Waals surface area (Å²) in [6.45, 7) is 1.80. The van der Waals surface area contributed by atoms with E-state index in [-0.39, 0.29) is 22.8 Å². The molecule has 0 amide bonds. The zero-order valence-corrected chi connectivity index (χ0v) is 17.2. The van der Waals surface area contributed by atoms with Crippen LogP contribution in [0.2, 0.25) is 0 Å². The van der Waals surface area contributed by atoms with Crippen molar-refractivity contribution < 1.29 is 24.1 Å². The van der Waals surface area contributed by atoms with E-state index in [1.54, 1.807) is 6.07 Å². The number of ether oxygens (including phenoxy) is 3. The van der Waals surface area contributed by atoms with Crippen molar-refractivity contribution in [3.63, 3.8) is 0 Å². The first-order valence-corrected chi connectivity index (χ1v) is 10.4. The number of aromatic amines is 1. The van der Waals surface area contributed by atoms with Gasteiger partial charge in [-0.3, -0.25) is 14.6 Å². The Morgan fingerprint density at radius 2 is 2.00 bits per heavy atom. The lowest BCUT2D eigenvalue weighted by Gasteiger charge is -2.26. The number of aryl methyl sites for hydroxylation is 1. The average Bonchev–Trinajstić information content (AvgIpc) is 3.03. The number of thiazole rings is 1. The van der Waals surface area contributed by atoms with E-state index >= 15 is 0 Å². The molecule has 0 radical (unpaired) electrons. The average molecular weight is 427 g/mol. The van der Waals surface area contributed by atoms with Crippen molar-refractivity contribution in [1.29, 1.82) is 0 Å². The zero-order chi connectivity index (χ0) is 21.1. The van der Waals surface area contributed by atoms with Crippen LogP contribution in [0.25, 0.3) is 0 Å². The van der Waals surface area contributed by atoms with Gasteiger partial charge in [-0.2, -0.15) is 0 Å². The van der Waals surface area contributed by atoms with Gasteiger partial charge in [0.15, 0.2) is 0 Å². The molecule has 156 valence electrons. The van der Waals surface area contributed by atoms with Crippen LogP contribution in [0.5, 0.6) is 23.1 Å². The van der Waals surface area contributed by atoms with Crippen LogP contribution in [0.1, 0.15) is 29.3 Å². The van der Waals surface area contributed by atoms with Crippen molar-refractivity contribution in [2.45, 2.75) is 32.3 Å². The lowest BCUT2D eigenvalue weighted by Crippen LogP contribution is -2.29. The largest absolute Gasteiger partial charge is 0.494 e. The number of aromatic nitrogens is 1. The highest BCUT2D eigenvalue weighted by Gasteiger charge is 2.21. The van der Waals surface area contributed by atoms with Gasteiger partial charge in [0.1, 0.15) is 30.0 Å². The first-order valence-electron chi connectivity index (χ1n) is 9.57. The molecule has 0 saturated heterocycles. The number of aromatic hydroxyl groups is 1. The molecule has 1 aromatic heterocycles. The number of nitrogens with one attached hydrogen (secondary N) is 1. The molecule has 8 heteroatoms. The van der Waals surface area contributed by atoms with Gasteiger partial charge in [-0.25, -0.2) is 0 Å². The van der Waals surface area contributed by atoms with Gasteiger partial charge >= 0.3 is 10.8 Å². The van der Waals surface area contributed by atoms with Crippen molar-refractivity contribution in [3.05, 3.63) is 68.1 Å². The maximum Gasteiger partial charge on any atom is 0.308 e. The Morgan fingerprint density at radius 3 is 2.70 bits per heavy atom. The number of H-pyrrole nitrogens is 1. The first-order chi connectivity index (χ1) is 14.5. The van der Waals surface area contributed by atoms with Crippen LogP contribution in [0.4, 0.5) is 0 Å². The normalized spacial score (nSPS) is 15.2. The first kappa shape index (κ1) is 20.0. The summed E-state index contributed by atoms with van der Waals surface area (Å²) in [5.41, 5.74) is 1.99. The van der Waals surface area contributed by atoms with Crippen LogP contribution in [0.15, 0.2) is 47.3 Å². The lowest BCUT2D eigenvalue weighted by atomic mass is 10.0. The van der Waals surface area contributed by atoms with Crippen LogP contribution in [0, 0.1) is 0 Å². The number of carbonyl (C=O) groups is 1. The predicted octanol–water partition coefficient (Wildman–Crippen LogP) is 3.43. The molecular weight excluding hydrogens is 406 g/mol. The molecule has 2 aromatic carbocycles. The van der Waals surface area contributed by atoms with Gasteiger partial charge in [-0.1, -0.05) is 23.5 Å². The summed E-state index contributed by atoms with van der Waals surface area (Å²) in [5.74, 6) is 1.63. The Labute approximate surface area is 176 Å². The standard InChI is InChI=1S/C22H21NO6S/c1-13(24)28-17-8-9-19-15(11-17)4-7-18(29-19)12-27-16-5-2-14(3-6-16)10-20-21(25)23-22(26)30-20/h2-3,5-6,8-9,11,18,25H,4,7,10,12H2,1H3,(H,23,26). The van der Waals surface area contributed by atoms with E-state index in [4.69, 9.17) is 14.2 Å². The predicted molar refractivity (Wildman–Crippen MR) is 112 cm³/mol. The van der Waals surface area contributed by atoms with Gasteiger partial charge in [0.25, 0.3) is 0 Å². The molecule has 0 bridgehead atoms. The molecule has 0 aliphatic carbocycles. The topological polar surface area (TPSA) is 97.9 Å². The number of hydrogen-bond donors (Lipinski definition) is 2.